The van der Waals surface area contributed by atoms with Gasteiger partial charge in [0.05, 0.1) is 25.2 Å². The number of carbonyl (C=O) groups excluding carboxylic acids is 2. The van der Waals surface area contributed by atoms with Crippen LogP contribution >= 0.6 is 0 Å². The molecule has 2 heterocycles. The van der Waals surface area contributed by atoms with Gasteiger partial charge in [-0.05, 0) is 43.5 Å². The normalized spacial score (nSPS) is 25.1. The van der Waals surface area contributed by atoms with Crippen molar-refractivity contribution in [3.63, 3.8) is 0 Å². The lowest BCUT2D eigenvalue weighted by Crippen LogP contribution is -2.65. The van der Waals surface area contributed by atoms with Crippen LogP contribution in [0.4, 0.5) is 5.69 Å². The van der Waals surface area contributed by atoms with Crippen LogP contribution in [0.5, 0.6) is 5.75 Å². The number of hydrogen-bond donors (Lipinski definition) is 0. The maximum absolute atomic E-state index is 13.1. The Kier molecular flexibility index (Phi) is 4.61. The number of carbonyl (C=O) groups is 2. The molecule has 26 heavy (non-hydrogen) atoms. The molecule has 4 rings (SSSR count). The maximum atomic E-state index is 13.1. The van der Waals surface area contributed by atoms with E-state index in [0.717, 1.165) is 43.5 Å². The lowest BCUT2D eigenvalue weighted by atomic mass is 9.89. The molecule has 1 aliphatic carbocycles. The van der Waals surface area contributed by atoms with E-state index in [9.17, 15) is 9.59 Å². The highest BCUT2D eigenvalue weighted by molar-refractivity contribution is 6.00. The van der Waals surface area contributed by atoms with Crippen molar-refractivity contribution < 1.29 is 19.1 Å². The van der Waals surface area contributed by atoms with Gasteiger partial charge in [-0.2, -0.15) is 0 Å². The van der Waals surface area contributed by atoms with E-state index < -0.39 is 0 Å². The molecule has 1 aromatic carbocycles. The lowest BCUT2D eigenvalue weighted by molar-refractivity contribution is -0.142. The topological polar surface area (TPSA) is 59.1 Å². The van der Waals surface area contributed by atoms with Gasteiger partial charge in [0, 0.05) is 18.8 Å². The summed E-state index contributed by atoms with van der Waals surface area (Å²) in [6, 6.07) is 7.66. The first kappa shape index (κ1) is 17.3. The van der Waals surface area contributed by atoms with Gasteiger partial charge in [-0.25, -0.2) is 0 Å². The molecule has 0 aromatic heterocycles. The minimum absolute atomic E-state index is 0.00980. The Morgan fingerprint density at radius 1 is 1.23 bits per heavy atom. The standard InChI is InChI=1S/C20H26N2O4/c1-25-17-6-4-16(5-7-17)22-18(23)12-21(14-20(22)9-2-3-10-20)19(24)15-8-11-26-13-15/h4-7,15H,2-3,8-14H2,1H3. The minimum atomic E-state index is -0.279. The molecule has 0 radical (unpaired) electrons. The third-order valence-corrected chi connectivity index (χ3v) is 5.99. The zero-order valence-electron chi connectivity index (χ0n) is 15.3. The molecular weight excluding hydrogens is 332 g/mol. The van der Waals surface area contributed by atoms with Crippen LogP contribution in [-0.4, -0.2) is 55.7 Å². The number of rotatable bonds is 3. The Morgan fingerprint density at radius 3 is 2.58 bits per heavy atom. The number of amides is 2. The van der Waals surface area contributed by atoms with Gasteiger partial charge >= 0.3 is 0 Å². The van der Waals surface area contributed by atoms with E-state index in [0.29, 0.717) is 19.8 Å². The summed E-state index contributed by atoms with van der Waals surface area (Å²) in [5.74, 6) is 0.776. The van der Waals surface area contributed by atoms with Crippen molar-refractivity contribution in [2.75, 3.05) is 38.3 Å². The summed E-state index contributed by atoms with van der Waals surface area (Å²) < 4.78 is 10.6. The average molecular weight is 358 g/mol. The summed E-state index contributed by atoms with van der Waals surface area (Å²) in [6.45, 7) is 1.91. The maximum Gasteiger partial charge on any atom is 0.247 e. The molecule has 2 amide bonds. The van der Waals surface area contributed by atoms with Crippen molar-refractivity contribution in [2.24, 2.45) is 5.92 Å². The SMILES string of the molecule is COc1ccc(N2C(=O)CN(C(=O)C3CCOC3)CC23CCCC3)cc1. The first-order valence-corrected chi connectivity index (χ1v) is 9.47. The first-order valence-electron chi connectivity index (χ1n) is 9.47. The summed E-state index contributed by atoms with van der Waals surface area (Å²) in [4.78, 5) is 29.7. The first-order chi connectivity index (χ1) is 12.6. The molecule has 2 saturated heterocycles. The highest BCUT2D eigenvalue weighted by Crippen LogP contribution is 2.42. The van der Waals surface area contributed by atoms with E-state index in [2.05, 4.69) is 0 Å². The summed E-state index contributed by atoms with van der Waals surface area (Å²) in [5.41, 5.74) is 0.618. The average Bonchev–Trinajstić information content (AvgIpc) is 3.34. The van der Waals surface area contributed by atoms with E-state index in [1.807, 2.05) is 29.2 Å². The van der Waals surface area contributed by atoms with E-state index >= 15 is 0 Å². The molecule has 0 N–H and O–H groups in total. The van der Waals surface area contributed by atoms with Crippen molar-refractivity contribution in [3.05, 3.63) is 24.3 Å². The Hall–Kier alpha value is -2.08. The van der Waals surface area contributed by atoms with E-state index in [4.69, 9.17) is 9.47 Å². The van der Waals surface area contributed by atoms with Gasteiger partial charge in [0.15, 0.2) is 0 Å². The predicted octanol–water partition coefficient (Wildman–Crippen LogP) is 2.22. The Morgan fingerprint density at radius 2 is 1.96 bits per heavy atom. The van der Waals surface area contributed by atoms with Crippen LogP contribution in [0.25, 0.3) is 0 Å². The summed E-state index contributed by atoms with van der Waals surface area (Å²) >= 11 is 0. The van der Waals surface area contributed by atoms with Gasteiger partial charge in [-0.1, -0.05) is 12.8 Å². The quantitative estimate of drug-likeness (QED) is 0.831. The Balaban J connectivity index is 1.61. The molecule has 3 fully saturated rings. The molecule has 1 unspecified atom stereocenters. The van der Waals surface area contributed by atoms with Gasteiger partial charge < -0.3 is 19.3 Å². The number of hydrogen-bond acceptors (Lipinski definition) is 4. The van der Waals surface area contributed by atoms with E-state index in [-0.39, 0.29) is 29.8 Å². The molecule has 6 heteroatoms. The third kappa shape index (κ3) is 2.96. The van der Waals surface area contributed by atoms with Crippen LogP contribution < -0.4 is 9.64 Å². The second kappa shape index (κ2) is 6.91. The number of benzene rings is 1. The monoisotopic (exact) mass is 358 g/mol. The lowest BCUT2D eigenvalue weighted by Gasteiger charge is -2.49. The molecule has 1 saturated carbocycles. The van der Waals surface area contributed by atoms with E-state index in [1.54, 1.807) is 12.0 Å². The van der Waals surface area contributed by atoms with Gasteiger partial charge in [0.25, 0.3) is 0 Å². The van der Waals surface area contributed by atoms with Crippen LogP contribution in [0, 0.1) is 5.92 Å². The molecule has 1 atom stereocenters. The fraction of sp³-hybridized carbons (Fsp3) is 0.600. The van der Waals surface area contributed by atoms with Crippen LogP contribution in [-0.2, 0) is 14.3 Å². The van der Waals surface area contributed by atoms with Crippen molar-refractivity contribution in [3.8, 4) is 5.75 Å². The summed E-state index contributed by atoms with van der Waals surface area (Å²) in [7, 11) is 1.63. The zero-order valence-corrected chi connectivity index (χ0v) is 15.3. The molecule has 0 bridgehead atoms. The molecule has 1 aromatic rings. The second-order valence-corrected chi connectivity index (χ2v) is 7.61. The van der Waals surface area contributed by atoms with E-state index in [1.165, 1.54) is 0 Å². The number of anilines is 1. The van der Waals surface area contributed by atoms with Gasteiger partial charge in [-0.3, -0.25) is 9.59 Å². The number of piperazine rings is 1. The minimum Gasteiger partial charge on any atom is -0.497 e. The van der Waals surface area contributed by atoms with Crippen molar-refractivity contribution in [2.45, 2.75) is 37.6 Å². The summed E-state index contributed by atoms with van der Waals surface area (Å²) in [6.07, 6.45) is 4.83. The van der Waals surface area contributed by atoms with Gasteiger partial charge in [0.2, 0.25) is 11.8 Å². The fourth-order valence-electron chi connectivity index (χ4n) is 4.69. The Bertz CT molecular complexity index is 676. The molecule has 2 aliphatic heterocycles. The fourth-order valence-corrected chi connectivity index (χ4v) is 4.69. The summed E-state index contributed by atoms with van der Waals surface area (Å²) in [5, 5.41) is 0. The smallest absolute Gasteiger partial charge is 0.247 e. The van der Waals surface area contributed by atoms with Crippen molar-refractivity contribution in [1.82, 2.24) is 4.90 Å². The number of nitrogens with zero attached hydrogens (tertiary/aromatic N) is 2. The largest absolute Gasteiger partial charge is 0.497 e. The predicted molar refractivity (Wildman–Crippen MR) is 97.2 cm³/mol. The van der Waals surface area contributed by atoms with Crippen LogP contribution in [0.3, 0.4) is 0 Å². The zero-order chi connectivity index (χ0) is 18.1. The highest BCUT2D eigenvalue weighted by atomic mass is 16.5. The third-order valence-electron chi connectivity index (χ3n) is 5.99. The van der Waals surface area contributed by atoms with Crippen molar-refractivity contribution >= 4 is 17.5 Å². The number of ether oxygens (including phenoxy) is 2. The Labute approximate surface area is 154 Å². The number of methoxy groups -OCH3 is 1. The molecule has 3 aliphatic rings. The molecule has 140 valence electrons. The molecule has 6 nitrogen and oxygen atoms in total. The van der Waals surface area contributed by atoms with Crippen LogP contribution in [0.15, 0.2) is 24.3 Å². The highest BCUT2D eigenvalue weighted by Gasteiger charge is 2.49. The second-order valence-electron chi connectivity index (χ2n) is 7.61. The molecular formula is C20H26N2O4. The van der Waals surface area contributed by atoms with Gasteiger partial charge in [0.1, 0.15) is 12.3 Å². The van der Waals surface area contributed by atoms with Crippen LogP contribution in [0.1, 0.15) is 32.1 Å². The van der Waals surface area contributed by atoms with Crippen LogP contribution in [0.2, 0.25) is 0 Å². The van der Waals surface area contributed by atoms with Gasteiger partial charge in [-0.15, -0.1) is 0 Å². The van der Waals surface area contributed by atoms with Crippen molar-refractivity contribution in [1.29, 1.82) is 0 Å². The molecule has 1 spiro atoms.